The second kappa shape index (κ2) is 5.59. The molecular formula is C14H24OS. The van der Waals surface area contributed by atoms with Crippen LogP contribution in [0.2, 0.25) is 0 Å². The van der Waals surface area contributed by atoms with Crippen LogP contribution in [0.25, 0.3) is 0 Å². The second-order valence-corrected chi connectivity index (χ2v) is 6.02. The average molecular weight is 240 g/mol. The first-order chi connectivity index (χ1) is 7.76. The van der Waals surface area contributed by atoms with Crippen LogP contribution < -0.4 is 0 Å². The SMILES string of the molecule is CC1CC=CCC1COCC1(CS)CCC1. The molecule has 2 unspecified atom stereocenters. The van der Waals surface area contributed by atoms with Crippen molar-refractivity contribution in [3.05, 3.63) is 12.2 Å². The van der Waals surface area contributed by atoms with Gasteiger partial charge in [-0.2, -0.15) is 12.6 Å². The van der Waals surface area contributed by atoms with Gasteiger partial charge in [0.1, 0.15) is 0 Å². The van der Waals surface area contributed by atoms with Crippen LogP contribution in [0.15, 0.2) is 12.2 Å². The number of ether oxygens (including phenoxy) is 1. The molecule has 2 aliphatic rings. The quantitative estimate of drug-likeness (QED) is 0.569. The Hall–Kier alpha value is 0.0500. The molecule has 0 saturated heterocycles. The van der Waals surface area contributed by atoms with E-state index in [1.54, 1.807) is 0 Å². The highest BCUT2D eigenvalue weighted by atomic mass is 32.1. The van der Waals surface area contributed by atoms with E-state index in [-0.39, 0.29) is 0 Å². The minimum absolute atomic E-state index is 0.427. The minimum atomic E-state index is 0.427. The Bertz CT molecular complexity index is 240. The molecule has 2 heteroatoms. The fraction of sp³-hybridized carbons (Fsp3) is 0.857. The van der Waals surface area contributed by atoms with E-state index in [1.807, 2.05) is 0 Å². The van der Waals surface area contributed by atoms with Gasteiger partial charge in [-0.25, -0.2) is 0 Å². The molecule has 16 heavy (non-hydrogen) atoms. The van der Waals surface area contributed by atoms with Crippen LogP contribution in [0.3, 0.4) is 0 Å². The standard InChI is InChI=1S/C14H24OS/c1-12-5-2-3-6-13(12)9-15-10-14(11-16)7-4-8-14/h2-3,12-13,16H,4-11H2,1H3. The van der Waals surface area contributed by atoms with Crippen molar-refractivity contribution in [3.8, 4) is 0 Å². The van der Waals surface area contributed by atoms with Crippen LogP contribution in [0, 0.1) is 17.3 Å². The van der Waals surface area contributed by atoms with Gasteiger partial charge in [-0.15, -0.1) is 0 Å². The van der Waals surface area contributed by atoms with Crippen LogP contribution in [0.4, 0.5) is 0 Å². The second-order valence-electron chi connectivity index (χ2n) is 5.71. The Labute approximate surface area is 105 Å². The molecule has 0 radical (unpaired) electrons. The predicted octanol–water partition coefficient (Wildman–Crippen LogP) is 3.71. The fourth-order valence-electron chi connectivity index (χ4n) is 2.69. The third-order valence-corrected chi connectivity index (χ3v) is 5.08. The van der Waals surface area contributed by atoms with Gasteiger partial charge in [-0.3, -0.25) is 0 Å². The van der Waals surface area contributed by atoms with Gasteiger partial charge in [0.25, 0.3) is 0 Å². The van der Waals surface area contributed by atoms with Gasteiger partial charge in [0.15, 0.2) is 0 Å². The molecule has 0 amide bonds. The zero-order chi connectivity index (χ0) is 11.4. The van der Waals surface area contributed by atoms with Gasteiger partial charge in [0.05, 0.1) is 6.61 Å². The van der Waals surface area contributed by atoms with Crippen molar-refractivity contribution in [2.45, 2.75) is 39.0 Å². The highest BCUT2D eigenvalue weighted by molar-refractivity contribution is 7.80. The third kappa shape index (κ3) is 2.84. The Morgan fingerprint density at radius 3 is 2.62 bits per heavy atom. The maximum absolute atomic E-state index is 5.96. The summed E-state index contributed by atoms with van der Waals surface area (Å²) >= 11 is 4.46. The molecule has 0 bridgehead atoms. The van der Waals surface area contributed by atoms with Crippen LogP contribution in [-0.4, -0.2) is 19.0 Å². The molecule has 92 valence electrons. The summed E-state index contributed by atoms with van der Waals surface area (Å²) in [6.45, 7) is 4.22. The largest absolute Gasteiger partial charge is 0.381 e. The average Bonchev–Trinajstić information content (AvgIpc) is 2.25. The summed E-state index contributed by atoms with van der Waals surface area (Å²) in [6, 6.07) is 0. The zero-order valence-electron chi connectivity index (χ0n) is 10.3. The van der Waals surface area contributed by atoms with E-state index < -0.39 is 0 Å². The molecule has 0 aliphatic heterocycles. The fourth-order valence-corrected chi connectivity index (χ4v) is 3.10. The van der Waals surface area contributed by atoms with Crippen molar-refractivity contribution in [3.63, 3.8) is 0 Å². The Kier molecular flexibility index (Phi) is 4.37. The molecule has 0 aromatic rings. The highest BCUT2D eigenvalue weighted by Gasteiger charge is 2.36. The van der Waals surface area contributed by atoms with Gasteiger partial charge < -0.3 is 4.74 Å². The van der Waals surface area contributed by atoms with Crippen LogP contribution in [-0.2, 0) is 4.74 Å². The van der Waals surface area contributed by atoms with Crippen molar-refractivity contribution in [2.24, 2.45) is 17.3 Å². The van der Waals surface area contributed by atoms with E-state index in [0.717, 1.165) is 30.8 Å². The molecule has 0 aromatic heterocycles. The van der Waals surface area contributed by atoms with Crippen LogP contribution in [0.1, 0.15) is 39.0 Å². The van der Waals surface area contributed by atoms with E-state index in [0.29, 0.717) is 5.41 Å². The van der Waals surface area contributed by atoms with E-state index in [2.05, 4.69) is 31.7 Å². The molecule has 1 saturated carbocycles. The Morgan fingerprint density at radius 1 is 1.31 bits per heavy atom. The summed E-state index contributed by atoms with van der Waals surface area (Å²) in [7, 11) is 0. The third-order valence-electron chi connectivity index (χ3n) is 4.41. The summed E-state index contributed by atoms with van der Waals surface area (Å²) in [5, 5.41) is 0. The van der Waals surface area contributed by atoms with E-state index in [4.69, 9.17) is 4.74 Å². The normalized spacial score (nSPS) is 32.4. The maximum Gasteiger partial charge on any atom is 0.0530 e. The summed E-state index contributed by atoms with van der Waals surface area (Å²) < 4.78 is 5.96. The van der Waals surface area contributed by atoms with E-state index in [1.165, 1.54) is 32.1 Å². The van der Waals surface area contributed by atoms with Crippen LogP contribution >= 0.6 is 12.6 Å². The first-order valence-corrected chi connectivity index (χ1v) is 7.23. The van der Waals surface area contributed by atoms with Crippen molar-refractivity contribution in [1.29, 1.82) is 0 Å². The Morgan fingerprint density at radius 2 is 2.06 bits per heavy atom. The van der Waals surface area contributed by atoms with Gasteiger partial charge in [0, 0.05) is 12.0 Å². The topological polar surface area (TPSA) is 9.23 Å². The van der Waals surface area contributed by atoms with Gasteiger partial charge in [-0.05, 0) is 43.3 Å². The molecule has 2 atom stereocenters. The lowest BCUT2D eigenvalue weighted by molar-refractivity contribution is -0.0110. The predicted molar refractivity (Wildman–Crippen MR) is 72.0 cm³/mol. The smallest absolute Gasteiger partial charge is 0.0530 e. The number of rotatable bonds is 5. The number of hydrogen-bond donors (Lipinski definition) is 1. The highest BCUT2D eigenvalue weighted by Crippen LogP contribution is 2.42. The van der Waals surface area contributed by atoms with E-state index >= 15 is 0 Å². The number of allylic oxidation sites excluding steroid dienone is 2. The molecule has 0 aromatic carbocycles. The van der Waals surface area contributed by atoms with Crippen molar-refractivity contribution in [2.75, 3.05) is 19.0 Å². The Balaban J connectivity index is 1.69. The van der Waals surface area contributed by atoms with Crippen molar-refractivity contribution in [1.82, 2.24) is 0 Å². The summed E-state index contributed by atoms with van der Waals surface area (Å²) in [5.41, 5.74) is 0.427. The molecule has 2 aliphatic carbocycles. The lowest BCUT2D eigenvalue weighted by Crippen LogP contribution is -2.37. The first kappa shape index (κ1) is 12.5. The molecular weight excluding hydrogens is 216 g/mol. The molecule has 0 spiro atoms. The van der Waals surface area contributed by atoms with Gasteiger partial charge >= 0.3 is 0 Å². The molecule has 2 rings (SSSR count). The number of hydrogen-bond acceptors (Lipinski definition) is 2. The first-order valence-electron chi connectivity index (χ1n) is 6.59. The van der Waals surface area contributed by atoms with Crippen LogP contribution in [0.5, 0.6) is 0 Å². The summed E-state index contributed by atoms with van der Waals surface area (Å²) in [5.74, 6) is 2.52. The molecule has 0 N–H and O–H groups in total. The van der Waals surface area contributed by atoms with E-state index in [9.17, 15) is 0 Å². The minimum Gasteiger partial charge on any atom is -0.381 e. The van der Waals surface area contributed by atoms with Crippen molar-refractivity contribution < 1.29 is 4.74 Å². The maximum atomic E-state index is 5.96. The lowest BCUT2D eigenvalue weighted by Gasteiger charge is -2.41. The summed E-state index contributed by atoms with van der Waals surface area (Å²) in [4.78, 5) is 0. The molecule has 1 fully saturated rings. The van der Waals surface area contributed by atoms with Gasteiger partial charge in [-0.1, -0.05) is 25.5 Å². The molecule has 0 heterocycles. The van der Waals surface area contributed by atoms with Gasteiger partial charge in [0.2, 0.25) is 0 Å². The summed E-state index contributed by atoms with van der Waals surface area (Å²) in [6.07, 6.45) is 11.1. The monoisotopic (exact) mass is 240 g/mol. The van der Waals surface area contributed by atoms with Crippen molar-refractivity contribution >= 4 is 12.6 Å². The zero-order valence-corrected chi connectivity index (χ0v) is 11.2. The number of thiol groups is 1. The molecule has 1 nitrogen and oxygen atoms in total. The lowest BCUT2D eigenvalue weighted by atomic mass is 9.71.